The van der Waals surface area contributed by atoms with Gasteiger partial charge in [0, 0.05) is 12.6 Å². The van der Waals surface area contributed by atoms with Crippen LogP contribution >= 0.6 is 0 Å². The lowest BCUT2D eigenvalue weighted by molar-refractivity contribution is 0.0963. The van der Waals surface area contributed by atoms with Gasteiger partial charge in [-0.05, 0) is 38.1 Å². The third kappa shape index (κ3) is 2.74. The predicted octanol–water partition coefficient (Wildman–Crippen LogP) is 1.96. The normalized spacial score (nSPS) is 11.6. The number of carbonyl (C=O) groups is 1. The highest BCUT2D eigenvalue weighted by atomic mass is 32.2. The van der Waals surface area contributed by atoms with Gasteiger partial charge >= 0.3 is 0 Å². The number of fused-ring (bicyclic) bond motifs is 1. The summed E-state index contributed by atoms with van der Waals surface area (Å²) >= 11 is 0. The van der Waals surface area contributed by atoms with Crippen molar-refractivity contribution in [3.8, 4) is 5.75 Å². The molecule has 1 aromatic heterocycles. The number of aromatic nitrogens is 2. The average molecular weight is 359 g/mol. The summed E-state index contributed by atoms with van der Waals surface area (Å²) < 4.78 is 27.1. The van der Waals surface area contributed by atoms with Crippen molar-refractivity contribution < 1.29 is 18.3 Å². The third-order valence-corrected chi connectivity index (χ3v) is 5.71. The molecule has 0 aliphatic rings. The highest BCUT2D eigenvalue weighted by molar-refractivity contribution is 7.90. The van der Waals surface area contributed by atoms with Crippen LogP contribution in [0.4, 0.5) is 0 Å². The minimum Gasteiger partial charge on any atom is -0.506 e. The van der Waals surface area contributed by atoms with Crippen LogP contribution in [0.1, 0.15) is 21.7 Å². The second-order valence-corrected chi connectivity index (χ2v) is 7.47. The Morgan fingerprint density at radius 2 is 1.80 bits per heavy atom. The highest BCUT2D eigenvalue weighted by Crippen LogP contribution is 2.30. The summed E-state index contributed by atoms with van der Waals surface area (Å²) in [5.74, 6) is -0.493. The van der Waals surface area contributed by atoms with Gasteiger partial charge in [0.2, 0.25) is 0 Å². The van der Waals surface area contributed by atoms with Crippen LogP contribution in [0.5, 0.6) is 5.75 Å². The average Bonchev–Trinajstić information content (AvgIpc) is 2.91. The molecule has 1 amide bonds. The topological polar surface area (TPSA) is 101 Å². The number of aryl methyl sites for hydroxylation is 2. The zero-order chi connectivity index (χ0) is 18.4. The fourth-order valence-corrected chi connectivity index (χ4v) is 4.13. The molecule has 2 N–H and O–H groups in total. The predicted molar refractivity (Wildman–Crippen MR) is 93.3 cm³/mol. The Labute approximate surface area is 145 Å². The van der Waals surface area contributed by atoms with Gasteiger partial charge in [-0.25, -0.2) is 17.4 Å². The largest absolute Gasteiger partial charge is 0.506 e. The van der Waals surface area contributed by atoms with Gasteiger partial charge in [-0.15, -0.1) is 0 Å². The minimum atomic E-state index is -3.92. The molecule has 3 rings (SSSR count). The zero-order valence-corrected chi connectivity index (χ0v) is 14.8. The van der Waals surface area contributed by atoms with E-state index in [9.17, 15) is 18.3 Å². The van der Waals surface area contributed by atoms with E-state index in [-0.39, 0.29) is 33.1 Å². The number of nitrogens with zero attached hydrogens (tertiary/aromatic N) is 2. The van der Waals surface area contributed by atoms with Gasteiger partial charge < -0.3 is 10.4 Å². The Balaban J connectivity index is 2.32. The van der Waals surface area contributed by atoms with Gasteiger partial charge in [-0.1, -0.05) is 17.7 Å². The molecule has 0 atom stereocenters. The molecule has 25 heavy (non-hydrogen) atoms. The van der Waals surface area contributed by atoms with E-state index in [2.05, 4.69) is 10.3 Å². The van der Waals surface area contributed by atoms with Crippen molar-refractivity contribution in [3.63, 3.8) is 0 Å². The molecular formula is C17H17N3O4S. The standard InChI is InChI=1S/C17H17N3O4S/c1-10-4-6-13(7-5-10)25(23,24)20-11(2)19-16-14(20)8-12(9-15(16)21)17(22)18-3/h4-9,21H,1-3H3,(H,18,22). The first-order valence-electron chi connectivity index (χ1n) is 7.52. The molecular weight excluding hydrogens is 342 g/mol. The van der Waals surface area contributed by atoms with Crippen molar-refractivity contribution in [3.05, 3.63) is 53.3 Å². The third-order valence-electron chi connectivity index (χ3n) is 3.90. The van der Waals surface area contributed by atoms with Crippen LogP contribution in [-0.2, 0) is 10.0 Å². The number of phenols is 1. The van der Waals surface area contributed by atoms with Crippen LogP contribution in [0.15, 0.2) is 41.3 Å². The molecule has 0 unspecified atom stereocenters. The molecule has 3 aromatic rings. The summed E-state index contributed by atoms with van der Waals surface area (Å²) in [7, 11) is -2.47. The van der Waals surface area contributed by atoms with Crippen molar-refractivity contribution in [1.82, 2.24) is 14.3 Å². The Kier molecular flexibility index (Phi) is 4.00. The number of benzene rings is 2. The lowest BCUT2D eigenvalue weighted by Crippen LogP contribution is -2.18. The van der Waals surface area contributed by atoms with Crippen molar-refractivity contribution >= 4 is 27.0 Å². The first kappa shape index (κ1) is 17.0. The van der Waals surface area contributed by atoms with E-state index in [0.29, 0.717) is 0 Å². The van der Waals surface area contributed by atoms with E-state index in [4.69, 9.17) is 0 Å². The SMILES string of the molecule is CNC(=O)c1cc(O)c2nc(C)n(S(=O)(=O)c3ccc(C)cc3)c2c1. The van der Waals surface area contributed by atoms with Gasteiger partial charge in [0.15, 0.2) is 0 Å². The summed E-state index contributed by atoms with van der Waals surface area (Å²) in [4.78, 5) is 16.1. The van der Waals surface area contributed by atoms with E-state index >= 15 is 0 Å². The van der Waals surface area contributed by atoms with Gasteiger partial charge in [0.05, 0.1) is 10.4 Å². The molecule has 0 fully saturated rings. The fourth-order valence-electron chi connectivity index (χ4n) is 2.65. The lowest BCUT2D eigenvalue weighted by Gasteiger charge is -2.10. The molecule has 8 heteroatoms. The van der Waals surface area contributed by atoms with E-state index < -0.39 is 15.9 Å². The zero-order valence-electron chi connectivity index (χ0n) is 13.9. The van der Waals surface area contributed by atoms with Crippen LogP contribution in [0, 0.1) is 13.8 Å². The first-order chi connectivity index (χ1) is 11.8. The smallest absolute Gasteiger partial charge is 0.269 e. The van der Waals surface area contributed by atoms with Crippen LogP contribution in [0.2, 0.25) is 0 Å². The molecule has 130 valence electrons. The summed E-state index contributed by atoms with van der Waals surface area (Å²) in [5, 5.41) is 12.6. The number of rotatable bonds is 3. The van der Waals surface area contributed by atoms with Gasteiger partial charge in [-0.2, -0.15) is 0 Å². The Bertz CT molecular complexity index is 1080. The second kappa shape index (κ2) is 5.89. The number of imidazole rings is 1. The van der Waals surface area contributed by atoms with Crippen molar-refractivity contribution in [1.29, 1.82) is 0 Å². The van der Waals surface area contributed by atoms with Gasteiger partial charge in [0.1, 0.15) is 17.1 Å². The second-order valence-electron chi connectivity index (χ2n) is 5.68. The number of aromatic hydroxyl groups is 1. The number of nitrogens with one attached hydrogen (secondary N) is 1. The maximum atomic E-state index is 13.0. The summed E-state index contributed by atoms with van der Waals surface area (Å²) in [6.45, 7) is 3.40. The number of amides is 1. The molecule has 2 aromatic carbocycles. The molecule has 1 heterocycles. The Morgan fingerprint density at radius 1 is 1.16 bits per heavy atom. The van der Waals surface area contributed by atoms with Gasteiger partial charge in [-0.3, -0.25) is 4.79 Å². The molecule has 7 nitrogen and oxygen atoms in total. The number of phenolic OH excluding ortho intramolecular Hbond substituents is 1. The van der Waals surface area contributed by atoms with E-state index in [1.165, 1.54) is 38.2 Å². The molecule has 0 aliphatic heterocycles. The Morgan fingerprint density at radius 3 is 2.40 bits per heavy atom. The lowest BCUT2D eigenvalue weighted by atomic mass is 10.1. The summed E-state index contributed by atoms with van der Waals surface area (Å²) in [6, 6.07) is 9.09. The highest BCUT2D eigenvalue weighted by Gasteiger charge is 2.24. The van der Waals surface area contributed by atoms with Crippen LogP contribution in [0.3, 0.4) is 0 Å². The summed E-state index contributed by atoms with van der Waals surface area (Å²) in [5.41, 5.74) is 1.36. The van der Waals surface area contributed by atoms with E-state index in [0.717, 1.165) is 9.54 Å². The quantitative estimate of drug-likeness (QED) is 0.744. The maximum Gasteiger partial charge on any atom is 0.269 e. The molecule has 0 aliphatic carbocycles. The fraction of sp³-hybridized carbons (Fsp3) is 0.176. The summed E-state index contributed by atoms with van der Waals surface area (Å²) in [6.07, 6.45) is 0. The van der Waals surface area contributed by atoms with Crippen LogP contribution in [0.25, 0.3) is 11.0 Å². The Hall–Kier alpha value is -2.87. The minimum absolute atomic E-state index is 0.102. The van der Waals surface area contributed by atoms with Crippen molar-refractivity contribution in [2.45, 2.75) is 18.7 Å². The monoisotopic (exact) mass is 359 g/mol. The van der Waals surface area contributed by atoms with Crippen LogP contribution in [-0.4, -0.2) is 35.4 Å². The van der Waals surface area contributed by atoms with Crippen molar-refractivity contribution in [2.24, 2.45) is 0 Å². The van der Waals surface area contributed by atoms with Crippen LogP contribution < -0.4 is 5.32 Å². The molecule has 0 saturated carbocycles. The maximum absolute atomic E-state index is 13.0. The molecule has 0 spiro atoms. The van der Waals surface area contributed by atoms with E-state index in [1.807, 2.05) is 6.92 Å². The molecule has 0 radical (unpaired) electrons. The first-order valence-corrected chi connectivity index (χ1v) is 8.96. The molecule has 0 bridgehead atoms. The number of hydrogen-bond donors (Lipinski definition) is 2. The molecule has 0 saturated heterocycles. The number of carbonyl (C=O) groups excluding carboxylic acids is 1. The number of hydrogen-bond acceptors (Lipinski definition) is 5. The van der Waals surface area contributed by atoms with Crippen molar-refractivity contribution in [2.75, 3.05) is 7.05 Å². The van der Waals surface area contributed by atoms with Gasteiger partial charge in [0.25, 0.3) is 15.9 Å². The van der Waals surface area contributed by atoms with E-state index in [1.54, 1.807) is 12.1 Å².